The van der Waals surface area contributed by atoms with Gasteiger partial charge in [-0.15, -0.1) is 0 Å². The Morgan fingerprint density at radius 3 is 2.55 bits per heavy atom. The number of aryl methyl sites for hydroxylation is 1. The van der Waals surface area contributed by atoms with Gasteiger partial charge in [-0.05, 0) is 18.1 Å². The molecule has 5 nitrogen and oxygen atoms in total. The molecule has 0 atom stereocenters. The first-order valence-electron chi connectivity index (χ1n) is 6.89. The third-order valence-electron chi connectivity index (χ3n) is 3.69. The number of anilines is 1. The van der Waals surface area contributed by atoms with Gasteiger partial charge in [-0.2, -0.15) is 0 Å². The lowest BCUT2D eigenvalue weighted by atomic mass is 10.1. The highest BCUT2D eigenvalue weighted by Gasteiger charge is 2.35. The number of carbonyl (C=O) groups is 1. The van der Waals surface area contributed by atoms with Crippen molar-refractivity contribution in [2.75, 3.05) is 4.90 Å². The van der Waals surface area contributed by atoms with Crippen LogP contribution >= 0.6 is 0 Å². The SMILES string of the molecule is Cc1cccc2c1N(Cc1ccccc1)C(=O)C2=C[N+](=O)[O-]. The number of fused-ring (bicyclic) bond motifs is 1. The zero-order valence-corrected chi connectivity index (χ0v) is 12.0. The molecule has 22 heavy (non-hydrogen) atoms. The average Bonchev–Trinajstić information content (AvgIpc) is 2.75. The van der Waals surface area contributed by atoms with Crippen molar-refractivity contribution in [1.82, 2.24) is 0 Å². The molecule has 0 aromatic heterocycles. The van der Waals surface area contributed by atoms with E-state index in [1.165, 1.54) is 0 Å². The van der Waals surface area contributed by atoms with E-state index in [9.17, 15) is 14.9 Å². The summed E-state index contributed by atoms with van der Waals surface area (Å²) in [6.07, 6.45) is 0.797. The molecule has 1 amide bonds. The predicted molar refractivity (Wildman–Crippen MR) is 83.8 cm³/mol. The monoisotopic (exact) mass is 294 g/mol. The highest BCUT2D eigenvalue weighted by Crippen LogP contribution is 2.39. The number of nitro groups is 1. The topological polar surface area (TPSA) is 63.5 Å². The van der Waals surface area contributed by atoms with Crippen LogP contribution in [0.25, 0.3) is 5.57 Å². The Labute approximate surface area is 127 Å². The Kier molecular flexibility index (Phi) is 3.47. The largest absolute Gasteiger partial charge is 0.303 e. The van der Waals surface area contributed by atoms with E-state index in [1.54, 1.807) is 17.0 Å². The van der Waals surface area contributed by atoms with Crippen molar-refractivity contribution in [1.29, 1.82) is 0 Å². The van der Waals surface area contributed by atoms with Gasteiger partial charge in [0.05, 0.1) is 17.2 Å². The molecule has 0 spiro atoms. The summed E-state index contributed by atoms with van der Waals surface area (Å²) in [5.41, 5.74) is 3.42. The summed E-state index contributed by atoms with van der Waals surface area (Å²) in [5, 5.41) is 10.8. The van der Waals surface area contributed by atoms with Crippen molar-refractivity contribution in [2.45, 2.75) is 13.5 Å². The Hall–Kier alpha value is -2.95. The van der Waals surface area contributed by atoms with Crippen LogP contribution in [-0.2, 0) is 11.3 Å². The molecule has 0 bridgehead atoms. The van der Waals surface area contributed by atoms with Crippen molar-refractivity contribution < 1.29 is 9.72 Å². The van der Waals surface area contributed by atoms with Gasteiger partial charge in [0.25, 0.3) is 5.91 Å². The molecular weight excluding hydrogens is 280 g/mol. The second-order valence-electron chi connectivity index (χ2n) is 5.18. The van der Waals surface area contributed by atoms with E-state index < -0.39 is 4.92 Å². The molecule has 110 valence electrons. The van der Waals surface area contributed by atoms with Gasteiger partial charge < -0.3 is 4.90 Å². The number of nitrogens with zero attached hydrogens (tertiary/aromatic N) is 2. The van der Waals surface area contributed by atoms with Gasteiger partial charge >= 0.3 is 0 Å². The Morgan fingerprint density at radius 1 is 1.14 bits per heavy atom. The summed E-state index contributed by atoms with van der Waals surface area (Å²) in [5.74, 6) is -0.329. The first-order chi connectivity index (χ1) is 10.6. The van der Waals surface area contributed by atoms with Crippen LogP contribution in [0.2, 0.25) is 0 Å². The van der Waals surface area contributed by atoms with Crippen molar-refractivity contribution in [3.05, 3.63) is 81.5 Å². The molecule has 1 aliphatic rings. The minimum Gasteiger partial charge on any atom is -0.303 e. The van der Waals surface area contributed by atoms with E-state index in [0.717, 1.165) is 23.0 Å². The van der Waals surface area contributed by atoms with Crippen molar-refractivity contribution >= 4 is 17.2 Å². The Morgan fingerprint density at radius 2 is 1.86 bits per heavy atom. The van der Waals surface area contributed by atoms with Crippen LogP contribution in [0, 0.1) is 17.0 Å². The predicted octanol–water partition coefficient (Wildman–Crippen LogP) is 3.16. The smallest absolute Gasteiger partial charge is 0.265 e. The summed E-state index contributed by atoms with van der Waals surface area (Å²) in [4.78, 5) is 24.5. The minimum absolute atomic E-state index is 0.139. The molecule has 0 unspecified atom stereocenters. The van der Waals surface area contributed by atoms with Gasteiger partial charge in [0.15, 0.2) is 0 Å². The maximum absolute atomic E-state index is 12.6. The van der Waals surface area contributed by atoms with Crippen LogP contribution in [0.15, 0.2) is 54.7 Å². The van der Waals surface area contributed by atoms with Crippen LogP contribution in [0.4, 0.5) is 5.69 Å². The fourth-order valence-electron chi connectivity index (χ4n) is 2.74. The van der Waals surface area contributed by atoms with Crippen molar-refractivity contribution in [3.8, 4) is 0 Å². The molecular formula is C17H14N2O3. The molecule has 2 aromatic rings. The highest BCUT2D eigenvalue weighted by atomic mass is 16.6. The first-order valence-corrected chi connectivity index (χ1v) is 6.89. The van der Waals surface area contributed by atoms with Gasteiger partial charge in [0.2, 0.25) is 6.20 Å². The highest BCUT2D eigenvalue weighted by molar-refractivity contribution is 6.32. The summed E-state index contributed by atoms with van der Waals surface area (Å²) < 4.78 is 0. The van der Waals surface area contributed by atoms with Gasteiger partial charge in [-0.3, -0.25) is 14.9 Å². The maximum atomic E-state index is 12.6. The first kappa shape index (κ1) is 14.0. The van der Waals surface area contributed by atoms with E-state index in [0.29, 0.717) is 12.1 Å². The Balaban J connectivity index is 2.09. The Bertz CT molecular complexity index is 782. The lowest BCUT2D eigenvalue weighted by molar-refractivity contribution is -0.401. The summed E-state index contributed by atoms with van der Waals surface area (Å²) in [7, 11) is 0. The summed E-state index contributed by atoms with van der Waals surface area (Å²) in [6.45, 7) is 2.30. The maximum Gasteiger partial charge on any atom is 0.265 e. The van der Waals surface area contributed by atoms with Crippen molar-refractivity contribution in [2.24, 2.45) is 0 Å². The molecule has 0 saturated carbocycles. The van der Waals surface area contributed by atoms with Gasteiger partial charge in [-0.1, -0.05) is 48.5 Å². The number of benzene rings is 2. The number of hydrogen-bond donors (Lipinski definition) is 0. The van der Waals surface area contributed by atoms with E-state index in [2.05, 4.69) is 0 Å². The standard InChI is InChI=1S/C17H14N2O3/c1-12-6-5-9-14-15(11-19(21)22)17(20)18(16(12)14)10-13-7-3-2-4-8-13/h2-9,11H,10H2,1H3. The van der Waals surface area contributed by atoms with Crippen molar-refractivity contribution in [3.63, 3.8) is 0 Å². The quantitative estimate of drug-likeness (QED) is 0.496. The van der Waals surface area contributed by atoms with E-state index in [1.807, 2.05) is 43.3 Å². The number of carbonyl (C=O) groups excluding carboxylic acids is 1. The fourth-order valence-corrected chi connectivity index (χ4v) is 2.74. The zero-order valence-electron chi connectivity index (χ0n) is 12.0. The molecule has 1 heterocycles. The molecule has 0 aliphatic carbocycles. The number of para-hydroxylation sites is 1. The van der Waals surface area contributed by atoms with E-state index >= 15 is 0 Å². The normalized spacial score (nSPS) is 15.2. The third-order valence-corrected chi connectivity index (χ3v) is 3.69. The molecule has 0 radical (unpaired) electrons. The molecule has 0 saturated heterocycles. The van der Waals surface area contributed by atoms with Crippen LogP contribution in [0.5, 0.6) is 0 Å². The molecule has 2 aromatic carbocycles. The van der Waals surface area contributed by atoms with Gasteiger partial charge in [0.1, 0.15) is 5.57 Å². The zero-order chi connectivity index (χ0) is 15.7. The molecule has 1 aliphatic heterocycles. The number of amides is 1. The second-order valence-corrected chi connectivity index (χ2v) is 5.18. The van der Waals surface area contributed by atoms with Crippen LogP contribution in [0.1, 0.15) is 16.7 Å². The lowest BCUT2D eigenvalue weighted by Crippen LogP contribution is -2.26. The number of hydrogen-bond acceptors (Lipinski definition) is 3. The third kappa shape index (κ3) is 2.37. The fraction of sp³-hybridized carbons (Fsp3) is 0.118. The second kappa shape index (κ2) is 5.44. The molecule has 5 heteroatoms. The van der Waals surface area contributed by atoms with E-state index in [-0.39, 0.29) is 11.5 Å². The number of rotatable bonds is 3. The van der Waals surface area contributed by atoms with Crippen LogP contribution in [-0.4, -0.2) is 10.8 Å². The minimum atomic E-state index is -0.578. The molecule has 3 rings (SSSR count). The average molecular weight is 294 g/mol. The van der Waals surface area contributed by atoms with Crippen LogP contribution < -0.4 is 4.90 Å². The lowest BCUT2D eigenvalue weighted by Gasteiger charge is -2.19. The van der Waals surface area contributed by atoms with E-state index in [4.69, 9.17) is 0 Å². The van der Waals surface area contributed by atoms with Gasteiger partial charge in [0, 0.05) is 5.56 Å². The van der Waals surface area contributed by atoms with Crippen LogP contribution in [0.3, 0.4) is 0 Å². The summed E-state index contributed by atoms with van der Waals surface area (Å²) in [6, 6.07) is 15.0. The molecule has 0 N–H and O–H groups in total. The summed E-state index contributed by atoms with van der Waals surface area (Å²) >= 11 is 0. The van der Waals surface area contributed by atoms with Gasteiger partial charge in [-0.25, -0.2) is 0 Å². The molecule has 0 fully saturated rings.